The van der Waals surface area contributed by atoms with Gasteiger partial charge in [0, 0.05) is 19.2 Å². The molecule has 7 heteroatoms. The van der Waals surface area contributed by atoms with Crippen LogP contribution >= 0.6 is 0 Å². The van der Waals surface area contributed by atoms with E-state index in [-0.39, 0.29) is 5.97 Å². The summed E-state index contributed by atoms with van der Waals surface area (Å²) in [6.07, 6.45) is 4.49. The molecule has 0 atom stereocenters. The van der Waals surface area contributed by atoms with Gasteiger partial charge in [-0.1, -0.05) is 54.6 Å². The lowest BCUT2D eigenvalue weighted by Crippen LogP contribution is -2.23. The first-order valence-corrected chi connectivity index (χ1v) is 13.3. The number of nitrogens with zero attached hydrogens (tertiary/aromatic N) is 1. The SMILES string of the molecule is COc1ccc(/C=C/C(=O)OCCCN(C)CCCOC(=O)c2c3ccccc3cc3ccccc23)cc1OC. The van der Waals surface area contributed by atoms with E-state index in [1.807, 2.05) is 61.6 Å². The van der Waals surface area contributed by atoms with Crippen LogP contribution in [0.4, 0.5) is 0 Å². The standard InChI is InChI=1S/C33H35NO6/c1-34(18-8-20-39-31(35)17-15-24-14-16-29(37-2)30(22-24)38-3)19-9-21-40-33(36)32-27-12-6-4-10-25(27)23-26-11-5-7-13-28(26)32/h4-7,10-17,22-23H,8-9,18-21H2,1-3H3/b17-15+. The van der Waals surface area contributed by atoms with E-state index in [0.29, 0.717) is 43.1 Å². The van der Waals surface area contributed by atoms with E-state index >= 15 is 0 Å². The van der Waals surface area contributed by atoms with Crippen LogP contribution in [-0.4, -0.2) is 64.4 Å². The average molecular weight is 542 g/mol. The summed E-state index contributed by atoms with van der Waals surface area (Å²) in [5, 5.41) is 3.84. The summed E-state index contributed by atoms with van der Waals surface area (Å²) >= 11 is 0. The Kier molecular flexibility index (Phi) is 10.1. The predicted octanol–water partition coefficient (Wildman–Crippen LogP) is 6.14. The van der Waals surface area contributed by atoms with Crippen LogP contribution in [-0.2, 0) is 14.3 Å². The highest BCUT2D eigenvalue weighted by atomic mass is 16.5. The summed E-state index contributed by atoms with van der Waals surface area (Å²) in [5.74, 6) is 0.523. The van der Waals surface area contributed by atoms with E-state index in [4.69, 9.17) is 18.9 Å². The molecule has 0 amide bonds. The van der Waals surface area contributed by atoms with Crippen molar-refractivity contribution in [2.75, 3.05) is 47.6 Å². The Hall–Kier alpha value is -4.36. The van der Waals surface area contributed by atoms with Crippen molar-refractivity contribution in [2.45, 2.75) is 12.8 Å². The molecule has 0 bridgehead atoms. The number of benzene rings is 4. The smallest absolute Gasteiger partial charge is 0.339 e. The van der Waals surface area contributed by atoms with E-state index in [1.165, 1.54) is 6.08 Å². The molecule has 4 aromatic rings. The maximum Gasteiger partial charge on any atom is 0.339 e. The van der Waals surface area contributed by atoms with Crippen molar-refractivity contribution in [3.8, 4) is 11.5 Å². The highest BCUT2D eigenvalue weighted by molar-refractivity contribution is 6.16. The number of rotatable bonds is 13. The molecule has 0 fully saturated rings. The zero-order valence-corrected chi connectivity index (χ0v) is 23.2. The molecule has 0 aliphatic carbocycles. The first-order valence-electron chi connectivity index (χ1n) is 13.3. The molecule has 7 nitrogen and oxygen atoms in total. The fraction of sp³-hybridized carbons (Fsp3) is 0.273. The largest absolute Gasteiger partial charge is 0.493 e. The Labute approximate surface area is 234 Å². The van der Waals surface area contributed by atoms with Gasteiger partial charge in [-0.3, -0.25) is 0 Å². The van der Waals surface area contributed by atoms with E-state index in [0.717, 1.165) is 40.2 Å². The maximum absolute atomic E-state index is 13.1. The van der Waals surface area contributed by atoms with Gasteiger partial charge in [0.15, 0.2) is 11.5 Å². The lowest BCUT2D eigenvalue weighted by atomic mass is 9.97. The van der Waals surface area contributed by atoms with Gasteiger partial charge in [-0.2, -0.15) is 0 Å². The summed E-state index contributed by atoms with van der Waals surface area (Å²) in [6, 6.07) is 23.3. The van der Waals surface area contributed by atoms with Crippen molar-refractivity contribution < 1.29 is 28.5 Å². The second kappa shape index (κ2) is 14.1. The van der Waals surface area contributed by atoms with Crippen LogP contribution in [0.25, 0.3) is 27.6 Å². The molecule has 0 aliphatic heterocycles. The molecule has 0 aromatic heterocycles. The van der Waals surface area contributed by atoms with Crippen molar-refractivity contribution >= 4 is 39.6 Å². The molecule has 4 aromatic carbocycles. The van der Waals surface area contributed by atoms with E-state index in [1.54, 1.807) is 32.4 Å². The van der Waals surface area contributed by atoms with Crippen molar-refractivity contribution in [3.05, 3.63) is 90.0 Å². The number of ether oxygens (including phenoxy) is 4. The first-order chi connectivity index (χ1) is 19.5. The monoisotopic (exact) mass is 541 g/mol. The summed E-state index contributed by atoms with van der Waals surface area (Å²) in [4.78, 5) is 27.3. The number of esters is 2. The molecule has 0 saturated heterocycles. The molecule has 4 rings (SSSR count). The summed E-state index contributed by atoms with van der Waals surface area (Å²) in [7, 11) is 5.14. The Bertz CT molecular complexity index is 1440. The molecule has 40 heavy (non-hydrogen) atoms. The lowest BCUT2D eigenvalue weighted by Gasteiger charge is -2.16. The Balaban J connectivity index is 1.17. The number of hydrogen-bond acceptors (Lipinski definition) is 7. The maximum atomic E-state index is 13.1. The minimum absolute atomic E-state index is 0.302. The highest BCUT2D eigenvalue weighted by Gasteiger charge is 2.16. The molecular weight excluding hydrogens is 506 g/mol. The van der Waals surface area contributed by atoms with Crippen LogP contribution in [0.5, 0.6) is 11.5 Å². The van der Waals surface area contributed by atoms with Crippen LogP contribution in [0.2, 0.25) is 0 Å². The van der Waals surface area contributed by atoms with Gasteiger partial charge >= 0.3 is 11.9 Å². The second-order valence-electron chi connectivity index (χ2n) is 9.46. The van der Waals surface area contributed by atoms with Crippen LogP contribution < -0.4 is 9.47 Å². The number of fused-ring (bicyclic) bond motifs is 2. The molecule has 208 valence electrons. The molecule has 0 radical (unpaired) electrons. The number of carbonyl (C=O) groups is 2. The quantitative estimate of drug-likeness (QED) is 0.0872. The topological polar surface area (TPSA) is 74.3 Å². The van der Waals surface area contributed by atoms with Gasteiger partial charge < -0.3 is 23.8 Å². The third-order valence-electron chi connectivity index (χ3n) is 6.64. The predicted molar refractivity (Wildman–Crippen MR) is 158 cm³/mol. The molecular formula is C33H35NO6. The Morgan fingerprint density at radius 2 is 1.35 bits per heavy atom. The van der Waals surface area contributed by atoms with Gasteiger partial charge in [-0.15, -0.1) is 0 Å². The molecule has 0 spiro atoms. The number of carbonyl (C=O) groups excluding carboxylic acids is 2. The third-order valence-corrected chi connectivity index (χ3v) is 6.64. The lowest BCUT2D eigenvalue weighted by molar-refractivity contribution is -0.137. The van der Waals surface area contributed by atoms with Gasteiger partial charge in [0.2, 0.25) is 0 Å². The van der Waals surface area contributed by atoms with Crippen molar-refractivity contribution in [1.29, 1.82) is 0 Å². The van der Waals surface area contributed by atoms with Crippen molar-refractivity contribution in [3.63, 3.8) is 0 Å². The van der Waals surface area contributed by atoms with E-state index in [9.17, 15) is 9.59 Å². The molecule has 0 N–H and O–H groups in total. The summed E-state index contributed by atoms with van der Waals surface area (Å²) < 4.78 is 21.5. The normalized spacial score (nSPS) is 11.3. The molecule has 0 heterocycles. The van der Waals surface area contributed by atoms with Crippen LogP contribution in [0, 0.1) is 0 Å². The summed E-state index contributed by atoms with van der Waals surface area (Å²) in [6.45, 7) is 2.17. The van der Waals surface area contributed by atoms with Crippen molar-refractivity contribution in [1.82, 2.24) is 4.90 Å². The fourth-order valence-corrected chi connectivity index (χ4v) is 4.59. The van der Waals surface area contributed by atoms with E-state index < -0.39 is 5.97 Å². The molecule has 0 saturated carbocycles. The molecule has 0 unspecified atom stereocenters. The number of methoxy groups -OCH3 is 2. The fourth-order valence-electron chi connectivity index (χ4n) is 4.59. The summed E-state index contributed by atoms with van der Waals surface area (Å²) in [5.41, 5.74) is 1.42. The zero-order valence-electron chi connectivity index (χ0n) is 23.2. The van der Waals surface area contributed by atoms with Crippen LogP contribution in [0.15, 0.2) is 78.9 Å². The second-order valence-corrected chi connectivity index (χ2v) is 9.46. The van der Waals surface area contributed by atoms with Gasteiger partial charge in [0.25, 0.3) is 0 Å². The Morgan fingerprint density at radius 3 is 1.98 bits per heavy atom. The third kappa shape index (κ3) is 7.39. The Morgan fingerprint density at radius 1 is 0.750 bits per heavy atom. The zero-order chi connectivity index (χ0) is 28.3. The van der Waals surface area contributed by atoms with Crippen molar-refractivity contribution in [2.24, 2.45) is 0 Å². The van der Waals surface area contributed by atoms with E-state index in [2.05, 4.69) is 11.0 Å². The average Bonchev–Trinajstić information content (AvgIpc) is 2.98. The van der Waals surface area contributed by atoms with Gasteiger partial charge in [0.1, 0.15) is 0 Å². The minimum Gasteiger partial charge on any atom is -0.493 e. The number of hydrogen-bond donors (Lipinski definition) is 0. The highest BCUT2D eigenvalue weighted by Crippen LogP contribution is 2.29. The molecule has 0 aliphatic rings. The van der Waals surface area contributed by atoms with Crippen LogP contribution in [0.3, 0.4) is 0 Å². The van der Waals surface area contributed by atoms with Crippen LogP contribution in [0.1, 0.15) is 28.8 Å². The minimum atomic E-state index is -0.398. The first kappa shape index (κ1) is 28.6. The van der Waals surface area contributed by atoms with Gasteiger partial charge in [-0.25, -0.2) is 9.59 Å². The van der Waals surface area contributed by atoms with Gasteiger partial charge in [-0.05, 0) is 71.3 Å². The van der Waals surface area contributed by atoms with Gasteiger partial charge in [0.05, 0.1) is 33.0 Å².